The number of ether oxygens (including phenoxy) is 3. The van der Waals surface area contributed by atoms with Crippen LogP contribution >= 0.6 is 7.82 Å². The third kappa shape index (κ3) is 7.37. The Hall–Kier alpha value is -1.12. The maximum atomic E-state index is 12.9. The Morgan fingerprint density at radius 3 is 2.00 bits per heavy atom. The molecule has 0 saturated carbocycles. The Bertz CT molecular complexity index is 537. The van der Waals surface area contributed by atoms with Gasteiger partial charge in [0.1, 0.15) is 6.10 Å². The number of aliphatic hydroxyl groups is 1. The molecule has 164 valence electrons. The average molecular weight is 424 g/mol. The molecule has 9 nitrogen and oxygen atoms in total. The normalized spacial score (nSPS) is 18.3. The van der Waals surface area contributed by atoms with Gasteiger partial charge in [0.05, 0.1) is 33.0 Å². The molecule has 1 N–H and O–H groups in total. The van der Waals surface area contributed by atoms with Crippen LogP contribution in [-0.2, 0) is 37.1 Å². The van der Waals surface area contributed by atoms with Crippen LogP contribution in [0.3, 0.4) is 0 Å². The number of rotatable bonds is 16. The molecule has 0 aromatic rings. The summed E-state index contributed by atoms with van der Waals surface area (Å²) in [5.41, 5.74) is 0. The fourth-order valence-electron chi connectivity index (χ4n) is 2.25. The molecule has 0 aromatic heterocycles. The topological polar surface area (TPSA) is 110 Å². The van der Waals surface area contributed by atoms with Crippen molar-refractivity contribution >= 4 is 13.8 Å². The third-order valence-electron chi connectivity index (χ3n) is 3.50. The van der Waals surface area contributed by atoms with Crippen LogP contribution in [0.2, 0.25) is 0 Å². The van der Waals surface area contributed by atoms with Crippen LogP contribution in [0.4, 0.5) is 0 Å². The van der Waals surface area contributed by atoms with Crippen LogP contribution < -0.4 is 0 Å². The van der Waals surface area contributed by atoms with Crippen molar-refractivity contribution in [3.63, 3.8) is 0 Å². The molecular formula is C18H33O9P. The maximum Gasteiger partial charge on any atom is 0.475 e. The lowest BCUT2D eigenvalue weighted by Crippen LogP contribution is -2.35. The van der Waals surface area contributed by atoms with Gasteiger partial charge in [0, 0.05) is 0 Å². The van der Waals surface area contributed by atoms with Gasteiger partial charge in [-0.1, -0.05) is 27.7 Å². The van der Waals surface area contributed by atoms with Gasteiger partial charge in [-0.3, -0.25) is 13.6 Å². The lowest BCUT2D eigenvalue weighted by atomic mass is 10.2. The molecule has 0 bridgehead atoms. The molecule has 0 saturated heterocycles. The van der Waals surface area contributed by atoms with Crippen molar-refractivity contribution in [1.29, 1.82) is 0 Å². The molecule has 0 spiro atoms. The van der Waals surface area contributed by atoms with Gasteiger partial charge < -0.3 is 19.3 Å². The Morgan fingerprint density at radius 2 is 1.50 bits per heavy atom. The first kappa shape index (κ1) is 24.9. The fraction of sp³-hybridized carbons (Fsp3) is 0.833. The summed E-state index contributed by atoms with van der Waals surface area (Å²) >= 11 is 0. The standard InChI is InChI=1S/C18H33O9P/c1-5-9-22-16-15(26-18(20)17(16)23-10-6-2)14(13-19)27-28(21,24-11-7-3)25-12-8-4/h14-15,19H,5-13H2,1-4H3. The van der Waals surface area contributed by atoms with Crippen LogP contribution in [0.15, 0.2) is 11.5 Å². The van der Waals surface area contributed by atoms with E-state index >= 15 is 0 Å². The van der Waals surface area contributed by atoms with Crippen LogP contribution in [0.1, 0.15) is 53.4 Å². The second-order valence-electron chi connectivity index (χ2n) is 6.16. The Kier molecular flexibility index (Phi) is 11.7. The quantitative estimate of drug-likeness (QED) is 0.295. The first-order chi connectivity index (χ1) is 13.5. The summed E-state index contributed by atoms with van der Waals surface area (Å²) in [6.45, 7) is 7.85. The number of carbonyl (C=O) groups is 1. The highest BCUT2D eigenvalue weighted by atomic mass is 31.2. The first-order valence-electron chi connectivity index (χ1n) is 9.85. The maximum absolute atomic E-state index is 12.9. The molecule has 1 heterocycles. The molecule has 28 heavy (non-hydrogen) atoms. The molecule has 0 radical (unpaired) electrons. The average Bonchev–Trinajstić information content (AvgIpc) is 3.01. The summed E-state index contributed by atoms with van der Waals surface area (Å²) in [7, 11) is -3.96. The van der Waals surface area contributed by atoms with E-state index in [0.29, 0.717) is 38.9 Å². The summed E-state index contributed by atoms with van der Waals surface area (Å²) in [4.78, 5) is 12.2. The van der Waals surface area contributed by atoms with E-state index < -0.39 is 32.6 Å². The number of phosphoric ester groups is 1. The molecule has 1 aliphatic rings. The van der Waals surface area contributed by atoms with E-state index in [2.05, 4.69) is 0 Å². The highest BCUT2D eigenvalue weighted by Gasteiger charge is 2.46. The summed E-state index contributed by atoms with van der Waals surface area (Å²) in [6.07, 6.45) is 0.273. The number of carbonyl (C=O) groups excluding carboxylic acids is 1. The van der Waals surface area contributed by atoms with E-state index in [0.717, 1.165) is 0 Å². The van der Waals surface area contributed by atoms with Gasteiger partial charge >= 0.3 is 13.8 Å². The van der Waals surface area contributed by atoms with E-state index in [1.54, 1.807) is 0 Å². The van der Waals surface area contributed by atoms with Crippen LogP contribution in [0, 0.1) is 0 Å². The van der Waals surface area contributed by atoms with Crippen molar-refractivity contribution in [2.75, 3.05) is 33.0 Å². The second-order valence-corrected chi connectivity index (χ2v) is 7.78. The van der Waals surface area contributed by atoms with E-state index in [1.807, 2.05) is 27.7 Å². The number of phosphoric acid groups is 1. The molecule has 2 atom stereocenters. The van der Waals surface area contributed by atoms with E-state index in [-0.39, 0.29) is 24.7 Å². The number of hydrogen-bond acceptors (Lipinski definition) is 9. The van der Waals surface area contributed by atoms with Crippen LogP contribution in [-0.4, -0.2) is 56.3 Å². The van der Waals surface area contributed by atoms with Crippen molar-refractivity contribution in [3.8, 4) is 0 Å². The van der Waals surface area contributed by atoms with Gasteiger partial charge in [0.25, 0.3) is 0 Å². The lowest BCUT2D eigenvalue weighted by Gasteiger charge is -2.26. The molecule has 0 aliphatic carbocycles. The van der Waals surface area contributed by atoms with Crippen molar-refractivity contribution in [3.05, 3.63) is 11.5 Å². The van der Waals surface area contributed by atoms with Gasteiger partial charge in [-0.2, -0.15) is 0 Å². The SMILES string of the molecule is CCCOC1=C(OCCC)C(C(CO)OP(=O)(OCCC)OCCC)OC1=O. The minimum atomic E-state index is -3.96. The largest absolute Gasteiger partial charge is 0.490 e. The fourth-order valence-corrected chi connectivity index (χ4v) is 3.76. The minimum Gasteiger partial charge on any atom is -0.490 e. The summed E-state index contributed by atoms with van der Waals surface area (Å²) in [5, 5.41) is 9.82. The Balaban J connectivity index is 3.06. The van der Waals surface area contributed by atoms with Crippen molar-refractivity contribution < 1.29 is 42.2 Å². The first-order valence-corrected chi connectivity index (χ1v) is 11.3. The summed E-state index contributed by atoms with van der Waals surface area (Å²) in [6, 6.07) is 0. The van der Waals surface area contributed by atoms with Crippen LogP contribution in [0.25, 0.3) is 0 Å². The molecule has 1 rings (SSSR count). The van der Waals surface area contributed by atoms with Gasteiger partial charge in [0.2, 0.25) is 5.76 Å². The van der Waals surface area contributed by atoms with E-state index in [4.69, 9.17) is 27.8 Å². The Morgan fingerprint density at radius 1 is 0.964 bits per heavy atom. The van der Waals surface area contributed by atoms with Gasteiger partial charge in [-0.05, 0) is 25.7 Å². The molecule has 2 unspecified atom stereocenters. The highest BCUT2D eigenvalue weighted by Crippen LogP contribution is 2.52. The highest BCUT2D eigenvalue weighted by molar-refractivity contribution is 7.48. The van der Waals surface area contributed by atoms with Gasteiger partial charge in [-0.15, -0.1) is 0 Å². The predicted molar refractivity (Wildman–Crippen MR) is 101 cm³/mol. The molecule has 0 amide bonds. The summed E-state index contributed by atoms with van der Waals surface area (Å²) < 4.78 is 45.4. The van der Waals surface area contributed by atoms with Crippen LogP contribution in [0.5, 0.6) is 0 Å². The van der Waals surface area contributed by atoms with Crippen molar-refractivity contribution in [2.24, 2.45) is 0 Å². The van der Waals surface area contributed by atoms with E-state index in [9.17, 15) is 14.5 Å². The van der Waals surface area contributed by atoms with Gasteiger partial charge in [-0.25, -0.2) is 9.36 Å². The number of esters is 1. The van der Waals surface area contributed by atoms with Crippen molar-refractivity contribution in [1.82, 2.24) is 0 Å². The monoisotopic (exact) mass is 424 g/mol. The molecule has 1 aliphatic heterocycles. The zero-order valence-corrected chi connectivity index (χ0v) is 18.1. The smallest absolute Gasteiger partial charge is 0.475 e. The molecule has 0 fully saturated rings. The van der Waals surface area contributed by atoms with E-state index in [1.165, 1.54) is 0 Å². The zero-order chi connectivity index (χ0) is 21.0. The molecule has 10 heteroatoms. The number of hydrogen-bond donors (Lipinski definition) is 1. The number of aliphatic hydroxyl groups excluding tert-OH is 1. The zero-order valence-electron chi connectivity index (χ0n) is 17.2. The third-order valence-corrected chi connectivity index (χ3v) is 5.03. The second kappa shape index (κ2) is 13.2. The molecule has 0 aromatic carbocycles. The molecular weight excluding hydrogens is 391 g/mol. The number of cyclic esters (lactones) is 1. The Labute approximate surface area is 166 Å². The predicted octanol–water partition coefficient (Wildman–Crippen LogP) is 3.32. The van der Waals surface area contributed by atoms with Gasteiger partial charge in [0.15, 0.2) is 11.9 Å². The minimum absolute atomic E-state index is 0.0545. The van der Waals surface area contributed by atoms with Crippen molar-refractivity contribution in [2.45, 2.75) is 65.6 Å². The summed E-state index contributed by atoms with van der Waals surface area (Å²) in [5.74, 6) is -0.650. The lowest BCUT2D eigenvalue weighted by molar-refractivity contribution is -0.148.